The molecule has 0 saturated carbocycles. The zero-order valence-electron chi connectivity index (χ0n) is 13.1. The third-order valence-corrected chi connectivity index (χ3v) is 2.79. The monoisotopic (exact) mass is 269 g/mol. The van der Waals surface area contributed by atoms with Crippen LogP contribution in [0.15, 0.2) is 12.2 Å². The molecule has 0 aliphatic heterocycles. The van der Waals surface area contributed by atoms with Gasteiger partial charge in [-0.05, 0) is 53.0 Å². The first kappa shape index (κ1) is 18.1. The molecule has 1 amide bonds. The Kier molecular flexibility index (Phi) is 11.6. The lowest BCUT2D eigenvalue weighted by molar-refractivity contribution is -0.116. The smallest absolute Gasteiger partial charge is 0.243 e. The molecule has 4 nitrogen and oxygen atoms in total. The first-order chi connectivity index (χ1) is 9.10. The first-order valence-electron chi connectivity index (χ1n) is 7.41. The van der Waals surface area contributed by atoms with E-state index in [-0.39, 0.29) is 5.91 Å². The van der Waals surface area contributed by atoms with E-state index in [1.807, 2.05) is 20.2 Å². The Balaban J connectivity index is 3.75. The van der Waals surface area contributed by atoms with Crippen molar-refractivity contribution in [3.05, 3.63) is 12.2 Å². The zero-order valence-corrected chi connectivity index (χ0v) is 13.1. The number of hydrogen-bond donors (Lipinski definition) is 1. The lowest BCUT2D eigenvalue weighted by atomic mass is 10.3. The molecule has 4 heteroatoms. The minimum atomic E-state index is 0.0201. The summed E-state index contributed by atoms with van der Waals surface area (Å²) in [6.07, 6.45) is 6.93. The molecule has 0 aromatic heterocycles. The molecule has 0 spiro atoms. The van der Waals surface area contributed by atoms with Crippen LogP contribution in [0.5, 0.6) is 0 Å². The number of hydrogen-bond acceptors (Lipinski definition) is 3. The molecule has 0 aromatic carbocycles. The van der Waals surface area contributed by atoms with Gasteiger partial charge in [0.2, 0.25) is 5.91 Å². The van der Waals surface area contributed by atoms with Crippen LogP contribution < -0.4 is 5.32 Å². The molecule has 112 valence electrons. The molecule has 0 radical (unpaired) electrons. The summed E-state index contributed by atoms with van der Waals surface area (Å²) < 4.78 is 0. The molecular formula is C15H31N3O. The average Bonchev–Trinajstić information content (AvgIpc) is 2.35. The molecule has 0 atom stereocenters. The Morgan fingerprint density at radius 2 is 1.74 bits per heavy atom. The van der Waals surface area contributed by atoms with Gasteiger partial charge in [-0.2, -0.15) is 0 Å². The van der Waals surface area contributed by atoms with Gasteiger partial charge in [-0.25, -0.2) is 0 Å². The molecular weight excluding hydrogens is 238 g/mol. The van der Waals surface area contributed by atoms with Gasteiger partial charge < -0.3 is 10.2 Å². The van der Waals surface area contributed by atoms with E-state index >= 15 is 0 Å². The molecule has 0 aliphatic carbocycles. The summed E-state index contributed by atoms with van der Waals surface area (Å²) in [6.45, 7) is 9.19. The van der Waals surface area contributed by atoms with Crippen LogP contribution in [0.25, 0.3) is 0 Å². The van der Waals surface area contributed by atoms with Gasteiger partial charge in [0, 0.05) is 19.2 Å². The van der Waals surface area contributed by atoms with Gasteiger partial charge in [-0.3, -0.25) is 9.69 Å². The lowest BCUT2D eigenvalue weighted by Gasteiger charge is -2.18. The number of nitrogens with zero attached hydrogens (tertiary/aromatic N) is 2. The molecule has 0 aromatic rings. The van der Waals surface area contributed by atoms with Crippen LogP contribution >= 0.6 is 0 Å². The Hall–Kier alpha value is -0.870. The summed E-state index contributed by atoms with van der Waals surface area (Å²) in [5.41, 5.74) is 0. The fraction of sp³-hybridized carbons (Fsp3) is 0.800. The van der Waals surface area contributed by atoms with Crippen LogP contribution in [-0.2, 0) is 4.79 Å². The number of nitrogens with one attached hydrogen (secondary N) is 1. The Labute approximate surface area is 118 Å². The molecule has 0 rings (SSSR count). The molecule has 0 fully saturated rings. The van der Waals surface area contributed by atoms with E-state index in [9.17, 15) is 4.79 Å². The van der Waals surface area contributed by atoms with Gasteiger partial charge in [0.15, 0.2) is 0 Å². The van der Waals surface area contributed by atoms with E-state index in [1.54, 1.807) is 6.08 Å². The van der Waals surface area contributed by atoms with Gasteiger partial charge in [0.25, 0.3) is 0 Å². The fourth-order valence-corrected chi connectivity index (χ4v) is 1.90. The van der Waals surface area contributed by atoms with Gasteiger partial charge in [-0.1, -0.05) is 19.9 Å². The molecule has 1 N–H and O–H groups in total. The Morgan fingerprint density at radius 3 is 2.26 bits per heavy atom. The van der Waals surface area contributed by atoms with E-state index in [4.69, 9.17) is 0 Å². The third kappa shape index (κ3) is 11.9. The highest BCUT2D eigenvalue weighted by Gasteiger charge is 2.00. The summed E-state index contributed by atoms with van der Waals surface area (Å²) in [5.74, 6) is 0.0201. The van der Waals surface area contributed by atoms with Crippen molar-refractivity contribution in [1.82, 2.24) is 15.1 Å². The van der Waals surface area contributed by atoms with Crippen molar-refractivity contribution in [1.29, 1.82) is 0 Å². The topological polar surface area (TPSA) is 35.6 Å². The largest absolute Gasteiger partial charge is 0.353 e. The summed E-state index contributed by atoms with van der Waals surface area (Å²) >= 11 is 0. The molecule has 0 unspecified atom stereocenters. The first-order valence-corrected chi connectivity index (χ1v) is 7.41. The second kappa shape index (κ2) is 12.2. The summed E-state index contributed by atoms with van der Waals surface area (Å²) in [4.78, 5) is 16.0. The van der Waals surface area contributed by atoms with Crippen molar-refractivity contribution in [2.24, 2.45) is 0 Å². The van der Waals surface area contributed by atoms with Crippen molar-refractivity contribution < 1.29 is 4.79 Å². The van der Waals surface area contributed by atoms with Gasteiger partial charge in [0.1, 0.15) is 0 Å². The van der Waals surface area contributed by atoms with Crippen molar-refractivity contribution in [2.75, 3.05) is 46.8 Å². The van der Waals surface area contributed by atoms with Crippen LogP contribution in [0.1, 0.15) is 33.1 Å². The maximum Gasteiger partial charge on any atom is 0.243 e. The Morgan fingerprint density at radius 1 is 1.11 bits per heavy atom. The minimum Gasteiger partial charge on any atom is -0.353 e. The van der Waals surface area contributed by atoms with Crippen molar-refractivity contribution in [3.8, 4) is 0 Å². The molecule has 0 saturated heterocycles. The second-order valence-electron chi connectivity index (χ2n) is 5.15. The number of carbonyl (C=O) groups excluding carboxylic acids is 1. The summed E-state index contributed by atoms with van der Waals surface area (Å²) in [5, 5.41) is 2.90. The van der Waals surface area contributed by atoms with Crippen LogP contribution in [0, 0.1) is 0 Å². The molecule has 0 heterocycles. The maximum atomic E-state index is 11.6. The van der Waals surface area contributed by atoms with Crippen molar-refractivity contribution >= 4 is 5.91 Å². The van der Waals surface area contributed by atoms with E-state index < -0.39 is 0 Å². The zero-order chi connectivity index (χ0) is 14.5. The molecule has 19 heavy (non-hydrogen) atoms. The standard InChI is InChI=1S/C15H31N3O/c1-5-11-18(12-6-2)14-7-9-15(19)16-10-8-13-17(3)4/h7,9H,5-6,8,10-14H2,1-4H3,(H,16,19). The quantitative estimate of drug-likeness (QED) is 0.458. The van der Waals surface area contributed by atoms with E-state index in [0.717, 1.165) is 52.0 Å². The van der Waals surface area contributed by atoms with E-state index in [1.165, 1.54) is 0 Å². The van der Waals surface area contributed by atoms with Crippen LogP contribution in [-0.4, -0.2) is 62.5 Å². The summed E-state index contributed by atoms with van der Waals surface area (Å²) in [6, 6.07) is 0. The summed E-state index contributed by atoms with van der Waals surface area (Å²) in [7, 11) is 4.08. The van der Waals surface area contributed by atoms with Crippen LogP contribution in [0.4, 0.5) is 0 Å². The SMILES string of the molecule is CCCN(CC=CC(=O)NCCCN(C)C)CCC. The van der Waals surface area contributed by atoms with Gasteiger partial charge >= 0.3 is 0 Å². The number of carbonyl (C=O) groups is 1. The highest BCUT2D eigenvalue weighted by molar-refractivity contribution is 5.87. The second-order valence-corrected chi connectivity index (χ2v) is 5.15. The van der Waals surface area contributed by atoms with E-state index in [0.29, 0.717) is 0 Å². The Bertz CT molecular complexity index is 246. The highest BCUT2D eigenvalue weighted by Crippen LogP contribution is 1.94. The normalized spacial score (nSPS) is 11.7. The predicted molar refractivity (Wildman–Crippen MR) is 82.3 cm³/mol. The maximum absolute atomic E-state index is 11.6. The molecule has 0 bridgehead atoms. The van der Waals surface area contributed by atoms with Crippen molar-refractivity contribution in [3.63, 3.8) is 0 Å². The van der Waals surface area contributed by atoms with E-state index in [2.05, 4.69) is 29.0 Å². The highest BCUT2D eigenvalue weighted by atomic mass is 16.1. The van der Waals surface area contributed by atoms with Gasteiger partial charge in [-0.15, -0.1) is 0 Å². The lowest BCUT2D eigenvalue weighted by Crippen LogP contribution is -2.27. The predicted octanol–water partition coefficient (Wildman–Crippen LogP) is 1.73. The van der Waals surface area contributed by atoms with Crippen LogP contribution in [0.2, 0.25) is 0 Å². The van der Waals surface area contributed by atoms with Gasteiger partial charge in [0.05, 0.1) is 0 Å². The number of rotatable bonds is 11. The number of amides is 1. The van der Waals surface area contributed by atoms with Crippen LogP contribution in [0.3, 0.4) is 0 Å². The fourth-order valence-electron chi connectivity index (χ4n) is 1.90. The van der Waals surface area contributed by atoms with Crippen molar-refractivity contribution in [2.45, 2.75) is 33.1 Å². The molecule has 0 aliphatic rings. The average molecular weight is 269 g/mol. The third-order valence-electron chi connectivity index (χ3n) is 2.79. The minimum absolute atomic E-state index is 0.0201.